The molecule has 27 heavy (non-hydrogen) atoms. The molecule has 0 spiro atoms. The Labute approximate surface area is 167 Å². The van der Waals surface area contributed by atoms with Gasteiger partial charge in [-0.25, -0.2) is 0 Å². The first kappa shape index (κ1) is 19.4. The van der Waals surface area contributed by atoms with Crippen molar-refractivity contribution in [3.05, 3.63) is 60.2 Å². The lowest BCUT2D eigenvalue weighted by Gasteiger charge is -2.26. The lowest BCUT2D eigenvalue weighted by atomic mass is 10.2. The summed E-state index contributed by atoms with van der Waals surface area (Å²) in [5.74, 6) is 0.385. The molecule has 1 aromatic heterocycles. The van der Waals surface area contributed by atoms with Crippen LogP contribution in [0.3, 0.4) is 0 Å². The Morgan fingerprint density at radius 3 is 2.63 bits per heavy atom. The minimum atomic E-state index is 0.0598. The fourth-order valence-corrected chi connectivity index (χ4v) is 4.31. The zero-order valence-electron chi connectivity index (χ0n) is 15.5. The number of nitrogens with one attached hydrogen (secondary N) is 1. The fraction of sp³-hybridized carbons (Fsp3) is 0.250. The summed E-state index contributed by atoms with van der Waals surface area (Å²) in [6, 6.07) is 17.9. The molecule has 140 valence electrons. The zero-order chi connectivity index (χ0) is 19.2. The second kappa shape index (κ2) is 9.01. The standard InChI is InChI=1S/C20H22N4OS2/c1-14(2)24(17-10-5-4-6-11-17)18(25)13-26-20-23-22-19(27-20)21-16-9-7-8-15(3)12-16/h4-12,14H,13H2,1-3H3,(H,21,22). The quantitative estimate of drug-likeness (QED) is 0.560. The smallest absolute Gasteiger partial charge is 0.237 e. The average Bonchev–Trinajstić information content (AvgIpc) is 3.08. The molecule has 0 bridgehead atoms. The molecule has 0 unspecified atom stereocenters. The van der Waals surface area contributed by atoms with Gasteiger partial charge in [-0.3, -0.25) is 4.79 Å². The van der Waals surface area contributed by atoms with Crippen molar-refractivity contribution in [2.45, 2.75) is 31.2 Å². The van der Waals surface area contributed by atoms with Gasteiger partial charge in [-0.05, 0) is 50.6 Å². The molecule has 5 nitrogen and oxygen atoms in total. The lowest BCUT2D eigenvalue weighted by Crippen LogP contribution is -2.38. The summed E-state index contributed by atoms with van der Waals surface area (Å²) in [5, 5.41) is 12.3. The Hall–Kier alpha value is -2.38. The SMILES string of the molecule is Cc1cccc(Nc2nnc(SCC(=O)N(c3ccccc3)C(C)C)s2)c1. The molecule has 0 saturated heterocycles. The fourth-order valence-electron chi connectivity index (χ4n) is 2.68. The molecular formula is C20H22N4OS2. The molecule has 1 N–H and O–H groups in total. The number of carbonyl (C=O) groups is 1. The maximum absolute atomic E-state index is 12.7. The van der Waals surface area contributed by atoms with Crippen molar-refractivity contribution < 1.29 is 4.79 Å². The molecule has 1 amide bonds. The van der Waals surface area contributed by atoms with Crippen LogP contribution in [0.4, 0.5) is 16.5 Å². The highest BCUT2D eigenvalue weighted by atomic mass is 32.2. The molecule has 7 heteroatoms. The second-order valence-corrected chi connectivity index (χ2v) is 8.55. The Balaban J connectivity index is 1.61. The monoisotopic (exact) mass is 398 g/mol. The van der Waals surface area contributed by atoms with E-state index < -0.39 is 0 Å². The molecular weight excluding hydrogens is 376 g/mol. The Morgan fingerprint density at radius 1 is 1.15 bits per heavy atom. The van der Waals surface area contributed by atoms with Crippen LogP contribution in [0.15, 0.2) is 58.9 Å². The average molecular weight is 399 g/mol. The van der Waals surface area contributed by atoms with Gasteiger partial charge in [0.2, 0.25) is 11.0 Å². The predicted molar refractivity (Wildman–Crippen MR) is 114 cm³/mol. The van der Waals surface area contributed by atoms with Gasteiger partial charge < -0.3 is 10.2 Å². The van der Waals surface area contributed by atoms with Gasteiger partial charge in [0, 0.05) is 17.4 Å². The molecule has 0 aliphatic heterocycles. The van der Waals surface area contributed by atoms with Crippen LogP contribution in [0, 0.1) is 6.92 Å². The largest absolute Gasteiger partial charge is 0.330 e. The number of aryl methyl sites for hydroxylation is 1. The first-order chi connectivity index (χ1) is 13.0. The number of para-hydroxylation sites is 1. The molecule has 0 aliphatic carbocycles. The summed E-state index contributed by atoms with van der Waals surface area (Å²) >= 11 is 2.87. The van der Waals surface area contributed by atoms with Crippen LogP contribution >= 0.6 is 23.1 Å². The molecule has 0 saturated carbocycles. The van der Waals surface area contributed by atoms with Crippen LogP contribution < -0.4 is 10.2 Å². The Kier molecular flexibility index (Phi) is 6.47. The minimum Gasteiger partial charge on any atom is -0.330 e. The third-order valence-electron chi connectivity index (χ3n) is 3.81. The summed E-state index contributed by atoms with van der Waals surface area (Å²) in [6.45, 7) is 6.08. The Morgan fingerprint density at radius 2 is 1.93 bits per heavy atom. The number of nitrogens with zero attached hydrogens (tertiary/aromatic N) is 3. The first-order valence-corrected chi connectivity index (χ1v) is 10.5. The summed E-state index contributed by atoms with van der Waals surface area (Å²) in [4.78, 5) is 14.6. The minimum absolute atomic E-state index is 0.0598. The normalized spacial score (nSPS) is 10.8. The number of anilines is 3. The van der Waals surface area contributed by atoms with E-state index in [0.29, 0.717) is 5.75 Å². The third-order valence-corrected chi connectivity index (χ3v) is 5.77. The number of hydrogen-bond acceptors (Lipinski definition) is 6. The molecule has 0 radical (unpaired) electrons. The topological polar surface area (TPSA) is 58.1 Å². The summed E-state index contributed by atoms with van der Waals surface area (Å²) in [5.41, 5.74) is 3.07. The molecule has 3 rings (SSSR count). The number of hydrogen-bond donors (Lipinski definition) is 1. The van der Waals surface area contributed by atoms with Gasteiger partial charge in [-0.2, -0.15) is 0 Å². The maximum atomic E-state index is 12.7. The highest BCUT2D eigenvalue weighted by Crippen LogP contribution is 2.29. The molecule has 3 aromatic rings. The summed E-state index contributed by atoms with van der Waals surface area (Å²) < 4.78 is 0.773. The van der Waals surface area contributed by atoms with Crippen LogP contribution in [-0.4, -0.2) is 27.9 Å². The number of aromatic nitrogens is 2. The van der Waals surface area contributed by atoms with Crippen molar-refractivity contribution in [3.8, 4) is 0 Å². The van der Waals surface area contributed by atoms with E-state index in [2.05, 4.69) is 21.6 Å². The maximum Gasteiger partial charge on any atom is 0.237 e. The van der Waals surface area contributed by atoms with Gasteiger partial charge in [0.25, 0.3) is 0 Å². The van der Waals surface area contributed by atoms with E-state index in [9.17, 15) is 4.79 Å². The van der Waals surface area contributed by atoms with E-state index >= 15 is 0 Å². The van der Waals surface area contributed by atoms with Crippen LogP contribution in [0.25, 0.3) is 0 Å². The van der Waals surface area contributed by atoms with Crippen LogP contribution in [0.2, 0.25) is 0 Å². The number of thioether (sulfide) groups is 1. The number of rotatable bonds is 7. The van der Waals surface area contributed by atoms with Crippen LogP contribution in [0.5, 0.6) is 0 Å². The van der Waals surface area contributed by atoms with Gasteiger partial charge in [0.05, 0.1) is 5.75 Å². The van der Waals surface area contributed by atoms with Gasteiger partial charge in [0.1, 0.15) is 0 Å². The Bertz CT molecular complexity index is 896. The van der Waals surface area contributed by atoms with E-state index in [0.717, 1.165) is 20.8 Å². The van der Waals surface area contributed by atoms with E-state index in [-0.39, 0.29) is 11.9 Å². The lowest BCUT2D eigenvalue weighted by molar-refractivity contribution is -0.116. The van der Waals surface area contributed by atoms with Gasteiger partial charge in [0.15, 0.2) is 4.34 Å². The highest BCUT2D eigenvalue weighted by Gasteiger charge is 2.19. The summed E-state index contributed by atoms with van der Waals surface area (Å²) in [7, 11) is 0. The molecule has 1 heterocycles. The molecule has 2 aromatic carbocycles. The van der Waals surface area contributed by atoms with Crippen molar-refractivity contribution in [1.82, 2.24) is 10.2 Å². The first-order valence-electron chi connectivity index (χ1n) is 8.70. The van der Waals surface area contributed by atoms with Crippen molar-refractivity contribution in [2.24, 2.45) is 0 Å². The number of carbonyl (C=O) groups excluding carboxylic acids is 1. The van der Waals surface area contributed by atoms with Crippen LogP contribution in [0.1, 0.15) is 19.4 Å². The van der Waals surface area contributed by atoms with Crippen molar-refractivity contribution in [3.63, 3.8) is 0 Å². The van der Waals surface area contributed by atoms with Crippen LogP contribution in [-0.2, 0) is 4.79 Å². The molecule has 0 aliphatic rings. The zero-order valence-corrected chi connectivity index (χ0v) is 17.2. The van der Waals surface area contributed by atoms with Crippen molar-refractivity contribution in [1.29, 1.82) is 0 Å². The third kappa shape index (κ3) is 5.30. The van der Waals surface area contributed by atoms with Gasteiger partial charge in [-0.15, -0.1) is 10.2 Å². The van der Waals surface area contributed by atoms with E-state index in [1.54, 1.807) is 0 Å². The molecule has 0 fully saturated rings. The number of amides is 1. The summed E-state index contributed by atoms with van der Waals surface area (Å²) in [6.07, 6.45) is 0. The molecule has 0 atom stereocenters. The van der Waals surface area contributed by atoms with Gasteiger partial charge >= 0.3 is 0 Å². The van der Waals surface area contributed by atoms with Crippen molar-refractivity contribution >= 4 is 45.5 Å². The number of benzene rings is 2. The highest BCUT2D eigenvalue weighted by molar-refractivity contribution is 8.01. The predicted octanol–water partition coefficient (Wildman–Crippen LogP) is 5.12. The van der Waals surface area contributed by atoms with Gasteiger partial charge in [-0.1, -0.05) is 53.4 Å². The second-order valence-electron chi connectivity index (χ2n) is 6.35. The van der Waals surface area contributed by atoms with E-state index in [4.69, 9.17) is 0 Å². The van der Waals surface area contributed by atoms with Crippen molar-refractivity contribution in [2.75, 3.05) is 16.0 Å². The van der Waals surface area contributed by atoms with E-state index in [1.165, 1.54) is 28.7 Å². The van der Waals surface area contributed by atoms with E-state index in [1.807, 2.05) is 74.2 Å².